The van der Waals surface area contributed by atoms with Crippen molar-refractivity contribution in [3.8, 4) is 0 Å². The van der Waals surface area contributed by atoms with Crippen molar-refractivity contribution in [3.63, 3.8) is 0 Å². The molecule has 0 unspecified atom stereocenters. The van der Waals surface area contributed by atoms with Crippen LogP contribution in [-0.4, -0.2) is 33.5 Å². The normalized spacial score (nSPS) is 14.3. The Kier molecular flexibility index (Phi) is 5.68. The number of ether oxygens (including phenoxy) is 1. The molecule has 1 heterocycles. The molecule has 8 heteroatoms. The minimum Gasteiger partial charge on any atom is -0.447 e. The number of nitrogens with one attached hydrogen (secondary N) is 1. The van der Waals surface area contributed by atoms with Gasteiger partial charge in [-0.05, 0) is 42.7 Å². The molecular formula is C18H19ClN2O4S. The molecule has 2 aromatic rings. The van der Waals surface area contributed by atoms with Crippen molar-refractivity contribution in [2.45, 2.75) is 17.7 Å². The van der Waals surface area contributed by atoms with Crippen LogP contribution in [0.4, 0.5) is 16.2 Å². The second kappa shape index (κ2) is 7.97. The Labute approximate surface area is 157 Å². The number of rotatable bonds is 7. The molecule has 1 N–H and O–H groups in total. The number of carbonyl (C=O) groups excluding carboxylic acids is 1. The lowest BCUT2D eigenvalue weighted by Crippen LogP contribution is -2.25. The van der Waals surface area contributed by atoms with Gasteiger partial charge in [-0.3, -0.25) is 9.62 Å². The first-order valence-corrected chi connectivity index (χ1v) is 10.2. The van der Waals surface area contributed by atoms with Crippen LogP contribution in [0.5, 0.6) is 0 Å². The first kappa shape index (κ1) is 18.5. The van der Waals surface area contributed by atoms with E-state index in [9.17, 15) is 13.2 Å². The number of halogens is 1. The second-order valence-electron chi connectivity index (χ2n) is 5.83. The predicted octanol–water partition coefficient (Wildman–Crippen LogP) is 3.62. The molecule has 0 saturated carbocycles. The van der Waals surface area contributed by atoms with Crippen LogP contribution in [0.3, 0.4) is 0 Å². The van der Waals surface area contributed by atoms with Crippen LogP contribution in [0.15, 0.2) is 53.4 Å². The number of cyclic esters (lactones) is 1. The summed E-state index contributed by atoms with van der Waals surface area (Å²) in [6.45, 7) is 0.663. The molecule has 0 radical (unpaired) electrons. The maximum atomic E-state index is 12.7. The number of hydrogen-bond acceptors (Lipinski definition) is 4. The fourth-order valence-electron chi connectivity index (χ4n) is 2.72. The van der Waals surface area contributed by atoms with E-state index in [0.29, 0.717) is 23.8 Å². The minimum absolute atomic E-state index is 0.158. The fourth-order valence-corrected chi connectivity index (χ4v) is 3.93. The average molecular weight is 395 g/mol. The Morgan fingerprint density at radius 2 is 1.85 bits per heavy atom. The van der Waals surface area contributed by atoms with E-state index in [1.54, 1.807) is 48.5 Å². The van der Waals surface area contributed by atoms with Gasteiger partial charge in [0, 0.05) is 5.88 Å². The van der Waals surface area contributed by atoms with Gasteiger partial charge in [0.1, 0.15) is 6.61 Å². The first-order chi connectivity index (χ1) is 12.5. The Bertz CT molecular complexity index is 884. The van der Waals surface area contributed by atoms with Gasteiger partial charge < -0.3 is 4.74 Å². The van der Waals surface area contributed by atoms with Gasteiger partial charge >= 0.3 is 6.09 Å². The Morgan fingerprint density at radius 1 is 1.12 bits per heavy atom. The van der Waals surface area contributed by atoms with Crippen molar-refractivity contribution in [1.29, 1.82) is 0 Å². The van der Waals surface area contributed by atoms with Gasteiger partial charge in [0.2, 0.25) is 0 Å². The van der Waals surface area contributed by atoms with Gasteiger partial charge in [-0.2, -0.15) is 0 Å². The third kappa shape index (κ3) is 4.11. The van der Waals surface area contributed by atoms with E-state index in [4.69, 9.17) is 16.3 Å². The first-order valence-electron chi connectivity index (χ1n) is 8.22. The van der Waals surface area contributed by atoms with Crippen LogP contribution in [0.25, 0.3) is 0 Å². The molecule has 1 aliphatic rings. The number of nitrogens with zero attached hydrogens (tertiary/aromatic N) is 1. The zero-order valence-corrected chi connectivity index (χ0v) is 15.6. The third-order valence-electron chi connectivity index (χ3n) is 4.03. The number of alkyl halides is 1. The highest BCUT2D eigenvalue weighted by atomic mass is 35.5. The summed E-state index contributed by atoms with van der Waals surface area (Å²) in [5, 5.41) is 0. The number of anilines is 2. The second-order valence-corrected chi connectivity index (χ2v) is 7.89. The number of para-hydroxylation sites is 2. The molecule has 0 bridgehead atoms. The molecule has 0 aliphatic carbocycles. The molecule has 2 aromatic carbocycles. The molecule has 1 aliphatic heterocycles. The number of carbonyl (C=O) groups is 1. The molecular weight excluding hydrogens is 376 g/mol. The van der Waals surface area contributed by atoms with E-state index in [2.05, 4.69) is 4.72 Å². The van der Waals surface area contributed by atoms with Crippen LogP contribution in [0.2, 0.25) is 0 Å². The largest absolute Gasteiger partial charge is 0.447 e. The average Bonchev–Trinajstić information content (AvgIpc) is 3.06. The molecule has 26 heavy (non-hydrogen) atoms. The molecule has 6 nitrogen and oxygen atoms in total. The summed E-state index contributed by atoms with van der Waals surface area (Å²) in [6, 6.07) is 13.4. The lowest BCUT2D eigenvalue weighted by Gasteiger charge is -2.18. The van der Waals surface area contributed by atoms with Crippen molar-refractivity contribution in [1.82, 2.24) is 0 Å². The van der Waals surface area contributed by atoms with Crippen molar-refractivity contribution in [3.05, 3.63) is 54.1 Å². The highest BCUT2D eigenvalue weighted by Crippen LogP contribution is 2.30. The number of aryl methyl sites for hydroxylation is 1. The summed E-state index contributed by atoms with van der Waals surface area (Å²) in [7, 11) is -3.77. The molecule has 1 saturated heterocycles. The monoisotopic (exact) mass is 394 g/mol. The summed E-state index contributed by atoms with van der Waals surface area (Å²) in [6.07, 6.45) is 1.16. The topological polar surface area (TPSA) is 75.7 Å². The smallest absolute Gasteiger partial charge is 0.414 e. The summed E-state index contributed by atoms with van der Waals surface area (Å²) in [4.78, 5) is 13.4. The van der Waals surface area contributed by atoms with E-state index < -0.39 is 16.1 Å². The van der Waals surface area contributed by atoms with Crippen molar-refractivity contribution in [2.75, 3.05) is 28.7 Å². The highest BCUT2D eigenvalue weighted by Gasteiger charge is 2.27. The lowest BCUT2D eigenvalue weighted by molar-refractivity contribution is 0.181. The molecule has 1 amide bonds. The van der Waals surface area contributed by atoms with Gasteiger partial charge in [0.25, 0.3) is 10.0 Å². The van der Waals surface area contributed by atoms with E-state index in [0.717, 1.165) is 18.4 Å². The van der Waals surface area contributed by atoms with Crippen LogP contribution in [0, 0.1) is 0 Å². The van der Waals surface area contributed by atoms with Gasteiger partial charge in [-0.25, -0.2) is 13.2 Å². The maximum Gasteiger partial charge on any atom is 0.414 e. The third-order valence-corrected chi connectivity index (χ3v) is 5.68. The van der Waals surface area contributed by atoms with Crippen LogP contribution in [-0.2, 0) is 21.2 Å². The number of sulfonamides is 1. The van der Waals surface area contributed by atoms with E-state index in [-0.39, 0.29) is 11.5 Å². The lowest BCUT2D eigenvalue weighted by atomic mass is 10.1. The number of amides is 1. The number of benzene rings is 2. The minimum atomic E-state index is -3.77. The van der Waals surface area contributed by atoms with E-state index >= 15 is 0 Å². The number of hydrogen-bond donors (Lipinski definition) is 1. The van der Waals surface area contributed by atoms with Gasteiger partial charge in [0.05, 0.1) is 22.8 Å². The summed E-state index contributed by atoms with van der Waals surface area (Å²) in [5.74, 6) is 0.567. The molecule has 1 fully saturated rings. The van der Waals surface area contributed by atoms with Crippen LogP contribution < -0.4 is 9.62 Å². The standard InChI is InChI=1S/C18H19ClN2O4S/c19-11-3-4-14-7-9-15(10-8-14)26(23,24)20-16-5-1-2-6-17(16)21-12-13-25-18(21)22/h1-2,5-10,20H,3-4,11-13H2. The van der Waals surface area contributed by atoms with Crippen molar-refractivity contribution < 1.29 is 17.9 Å². The van der Waals surface area contributed by atoms with Crippen LogP contribution in [0.1, 0.15) is 12.0 Å². The maximum absolute atomic E-state index is 12.7. The summed E-state index contributed by atoms with van der Waals surface area (Å²) >= 11 is 5.68. The SMILES string of the molecule is O=C1OCCN1c1ccccc1NS(=O)(=O)c1ccc(CCCCl)cc1. The summed E-state index contributed by atoms with van der Waals surface area (Å²) < 4.78 is 32.9. The van der Waals surface area contributed by atoms with Gasteiger partial charge in [-0.15, -0.1) is 11.6 Å². The molecule has 138 valence electrons. The highest BCUT2D eigenvalue weighted by molar-refractivity contribution is 7.92. The van der Waals surface area contributed by atoms with Gasteiger partial charge in [0.15, 0.2) is 0 Å². The van der Waals surface area contributed by atoms with Crippen molar-refractivity contribution in [2.24, 2.45) is 0 Å². The van der Waals surface area contributed by atoms with Crippen molar-refractivity contribution >= 4 is 39.1 Å². The Morgan fingerprint density at radius 3 is 2.50 bits per heavy atom. The molecule has 3 rings (SSSR count). The molecule has 0 aromatic heterocycles. The zero-order chi connectivity index (χ0) is 18.6. The van der Waals surface area contributed by atoms with Crippen LogP contribution >= 0.6 is 11.6 Å². The predicted molar refractivity (Wildman–Crippen MR) is 101 cm³/mol. The Hall–Kier alpha value is -2.25. The quantitative estimate of drug-likeness (QED) is 0.728. The van der Waals surface area contributed by atoms with E-state index in [1.165, 1.54) is 4.90 Å². The zero-order valence-electron chi connectivity index (χ0n) is 14.0. The molecule has 0 spiro atoms. The van der Waals surface area contributed by atoms with Gasteiger partial charge in [-0.1, -0.05) is 24.3 Å². The van der Waals surface area contributed by atoms with E-state index in [1.807, 2.05) is 0 Å². The Balaban J connectivity index is 1.83. The molecule has 0 atom stereocenters. The summed E-state index contributed by atoms with van der Waals surface area (Å²) in [5.41, 5.74) is 1.83. The fraction of sp³-hybridized carbons (Fsp3) is 0.278.